The van der Waals surface area contributed by atoms with Crippen molar-refractivity contribution in [2.75, 3.05) is 12.3 Å². The van der Waals surface area contributed by atoms with Crippen molar-refractivity contribution in [1.82, 2.24) is 10.6 Å². The van der Waals surface area contributed by atoms with Crippen LogP contribution in [-0.4, -0.2) is 49.7 Å². The molecule has 0 bridgehead atoms. The van der Waals surface area contributed by atoms with Crippen LogP contribution >= 0.6 is 10.6 Å². The number of benzene rings is 3. The Hall–Kier alpha value is -2.86. The van der Waals surface area contributed by atoms with E-state index in [1.807, 2.05) is 25.1 Å². The minimum absolute atomic E-state index is 0.0682. The molecular formula is C29H34F2N2O5S. The molecule has 0 aromatic heterocycles. The summed E-state index contributed by atoms with van der Waals surface area (Å²) in [6.45, 7) is 1.96. The van der Waals surface area contributed by atoms with Crippen molar-refractivity contribution in [2.24, 2.45) is 0 Å². The number of aryl methyl sites for hydroxylation is 1. The Labute approximate surface area is 228 Å². The predicted octanol–water partition coefficient (Wildman–Crippen LogP) is 4.24. The van der Waals surface area contributed by atoms with Gasteiger partial charge < -0.3 is 20.8 Å². The first kappa shape index (κ1) is 29.1. The van der Waals surface area contributed by atoms with Gasteiger partial charge in [-0.3, -0.25) is 13.9 Å². The lowest BCUT2D eigenvalue weighted by molar-refractivity contribution is -0.131. The summed E-state index contributed by atoms with van der Waals surface area (Å²) in [5.41, 5.74) is 3.40. The number of hydrogen-bond donors (Lipinski definition) is 6. The molecule has 0 saturated carbocycles. The molecule has 210 valence electrons. The molecule has 7 nitrogen and oxygen atoms in total. The number of carbonyl (C=O) groups excluding carboxylic acids is 1. The number of aliphatic hydroxyl groups excluding tert-OH is 2. The molecule has 1 heterocycles. The average molecular weight is 561 g/mol. The van der Waals surface area contributed by atoms with E-state index in [9.17, 15) is 32.9 Å². The maximum Gasteiger partial charge on any atom is 0.253 e. The summed E-state index contributed by atoms with van der Waals surface area (Å²) in [7, 11) is -2.88. The zero-order valence-corrected chi connectivity index (χ0v) is 22.4. The van der Waals surface area contributed by atoms with E-state index >= 15 is 0 Å². The summed E-state index contributed by atoms with van der Waals surface area (Å²) >= 11 is 0. The standard InChI is InChI=1S/C29H34F2N2O5S/c1-2-18-8-9-21-16-39(37,38)17-26(24(21)12-18)32-15-27(34)25(13-19-10-22(30)14-23(31)11-19)33-29(36)28(35)20-6-4-3-5-7-20/h3-12,14,25-28,32,34-35,37-38H,2,13,15-17H2,1H3,(H,33,36)/t25-,26-,27-,28?/m0/s1. The Bertz CT molecular complexity index is 1270. The molecule has 0 aliphatic carbocycles. The topological polar surface area (TPSA) is 122 Å². The van der Waals surface area contributed by atoms with Crippen LogP contribution in [0.1, 0.15) is 46.9 Å². The first-order valence-corrected chi connectivity index (χ1v) is 14.7. The van der Waals surface area contributed by atoms with Gasteiger partial charge in [-0.25, -0.2) is 8.78 Å². The zero-order chi connectivity index (χ0) is 28.2. The second kappa shape index (κ2) is 12.5. The molecule has 0 radical (unpaired) electrons. The van der Waals surface area contributed by atoms with Crippen LogP contribution in [0.4, 0.5) is 8.78 Å². The van der Waals surface area contributed by atoms with E-state index in [4.69, 9.17) is 0 Å². The number of hydrogen-bond acceptors (Lipinski definition) is 6. The Morgan fingerprint density at radius 3 is 2.36 bits per heavy atom. The van der Waals surface area contributed by atoms with Gasteiger partial charge in [0.25, 0.3) is 5.91 Å². The Morgan fingerprint density at radius 2 is 1.69 bits per heavy atom. The maximum absolute atomic E-state index is 13.9. The molecule has 0 fully saturated rings. The van der Waals surface area contributed by atoms with E-state index in [0.717, 1.165) is 41.3 Å². The SMILES string of the molecule is CCc1ccc2c(c1)[C@@H](NC[C@H](O)[C@H](Cc1cc(F)cc(F)c1)NC(=O)C(O)c1ccccc1)CS(O)(O)C2. The van der Waals surface area contributed by atoms with Crippen LogP contribution in [0.2, 0.25) is 0 Å². The van der Waals surface area contributed by atoms with Gasteiger partial charge in [0.2, 0.25) is 0 Å². The molecule has 1 amide bonds. The van der Waals surface area contributed by atoms with Crippen LogP contribution in [0.5, 0.6) is 0 Å². The lowest BCUT2D eigenvalue weighted by atomic mass is 9.96. The van der Waals surface area contributed by atoms with E-state index in [2.05, 4.69) is 10.6 Å². The molecule has 3 aromatic carbocycles. The van der Waals surface area contributed by atoms with Crippen molar-refractivity contribution in [1.29, 1.82) is 0 Å². The van der Waals surface area contributed by atoms with Crippen molar-refractivity contribution in [3.05, 3.63) is 106 Å². The highest BCUT2D eigenvalue weighted by atomic mass is 32.3. The molecule has 1 unspecified atom stereocenters. The van der Waals surface area contributed by atoms with Crippen LogP contribution < -0.4 is 10.6 Å². The van der Waals surface area contributed by atoms with Crippen LogP contribution in [0, 0.1) is 11.6 Å². The Balaban J connectivity index is 1.53. The second-order valence-electron chi connectivity index (χ2n) is 9.94. The van der Waals surface area contributed by atoms with Crippen molar-refractivity contribution in [2.45, 2.75) is 49.8 Å². The summed E-state index contributed by atoms with van der Waals surface area (Å²) in [5, 5.41) is 27.5. The lowest BCUT2D eigenvalue weighted by Crippen LogP contribution is -2.50. The number of carbonyl (C=O) groups is 1. The van der Waals surface area contributed by atoms with Gasteiger partial charge in [0.15, 0.2) is 6.10 Å². The third kappa shape index (κ3) is 7.63. The van der Waals surface area contributed by atoms with Gasteiger partial charge in [-0.05, 0) is 52.8 Å². The predicted molar refractivity (Wildman–Crippen MR) is 147 cm³/mol. The molecule has 1 aliphatic rings. The summed E-state index contributed by atoms with van der Waals surface area (Å²) < 4.78 is 48.8. The summed E-state index contributed by atoms with van der Waals surface area (Å²) in [5.74, 6) is -2.12. The number of rotatable bonds is 10. The fraction of sp³-hybridized carbons (Fsp3) is 0.345. The minimum Gasteiger partial charge on any atom is -0.390 e. The summed E-state index contributed by atoms with van der Waals surface area (Å²) in [6.07, 6.45) is -2.06. The zero-order valence-electron chi connectivity index (χ0n) is 21.6. The first-order chi connectivity index (χ1) is 18.5. The molecule has 1 aliphatic heterocycles. The van der Waals surface area contributed by atoms with Gasteiger partial charge in [0.05, 0.1) is 29.7 Å². The first-order valence-electron chi connectivity index (χ1n) is 12.8. The molecular weight excluding hydrogens is 526 g/mol. The fourth-order valence-electron chi connectivity index (χ4n) is 4.87. The van der Waals surface area contributed by atoms with Gasteiger partial charge in [-0.1, -0.05) is 55.5 Å². The highest BCUT2D eigenvalue weighted by Crippen LogP contribution is 2.50. The van der Waals surface area contributed by atoms with Gasteiger partial charge in [0, 0.05) is 12.6 Å². The van der Waals surface area contributed by atoms with E-state index in [-0.39, 0.29) is 30.0 Å². The lowest BCUT2D eigenvalue weighted by Gasteiger charge is -2.42. The molecule has 10 heteroatoms. The molecule has 6 N–H and O–H groups in total. The van der Waals surface area contributed by atoms with Crippen LogP contribution in [0.25, 0.3) is 0 Å². The van der Waals surface area contributed by atoms with Crippen molar-refractivity contribution < 1.29 is 32.9 Å². The second-order valence-corrected chi connectivity index (χ2v) is 12.2. The van der Waals surface area contributed by atoms with Gasteiger partial charge in [0.1, 0.15) is 11.6 Å². The van der Waals surface area contributed by atoms with E-state index in [1.165, 1.54) is 0 Å². The van der Waals surface area contributed by atoms with Crippen molar-refractivity contribution >= 4 is 16.5 Å². The number of aliphatic hydroxyl groups is 2. The largest absolute Gasteiger partial charge is 0.390 e. The number of halogens is 2. The average Bonchev–Trinajstić information content (AvgIpc) is 2.89. The Kier molecular flexibility index (Phi) is 9.37. The van der Waals surface area contributed by atoms with E-state index in [0.29, 0.717) is 5.56 Å². The van der Waals surface area contributed by atoms with Crippen LogP contribution in [0.3, 0.4) is 0 Å². The number of nitrogens with one attached hydrogen (secondary N) is 2. The molecule has 0 spiro atoms. The fourth-order valence-corrected chi connectivity index (χ4v) is 6.58. The summed E-state index contributed by atoms with van der Waals surface area (Å²) in [6, 6.07) is 15.6. The molecule has 3 aromatic rings. The summed E-state index contributed by atoms with van der Waals surface area (Å²) in [4.78, 5) is 12.9. The van der Waals surface area contributed by atoms with Crippen molar-refractivity contribution in [3.63, 3.8) is 0 Å². The van der Waals surface area contributed by atoms with Gasteiger partial charge in [-0.15, -0.1) is 0 Å². The smallest absolute Gasteiger partial charge is 0.253 e. The number of amides is 1. The Morgan fingerprint density at radius 1 is 1.00 bits per heavy atom. The van der Waals surface area contributed by atoms with Crippen LogP contribution in [0.15, 0.2) is 66.7 Å². The number of fused-ring (bicyclic) bond motifs is 1. The maximum atomic E-state index is 13.9. The molecule has 4 rings (SSSR count). The van der Waals surface area contributed by atoms with Gasteiger partial charge in [-0.2, -0.15) is 10.6 Å². The minimum atomic E-state index is -2.88. The van der Waals surface area contributed by atoms with Crippen molar-refractivity contribution in [3.8, 4) is 0 Å². The third-order valence-electron chi connectivity index (χ3n) is 6.92. The molecule has 39 heavy (non-hydrogen) atoms. The highest BCUT2D eigenvalue weighted by Gasteiger charge is 2.32. The molecule has 4 atom stereocenters. The van der Waals surface area contributed by atoms with E-state index < -0.39 is 52.4 Å². The quantitative estimate of drug-likeness (QED) is 0.221. The monoisotopic (exact) mass is 560 g/mol. The van der Waals surface area contributed by atoms with Gasteiger partial charge >= 0.3 is 0 Å². The highest BCUT2D eigenvalue weighted by molar-refractivity contribution is 8.23. The third-order valence-corrected chi connectivity index (χ3v) is 8.56. The molecule has 0 saturated heterocycles. The van der Waals surface area contributed by atoms with E-state index in [1.54, 1.807) is 30.3 Å². The van der Waals surface area contributed by atoms with Crippen LogP contribution in [-0.2, 0) is 23.4 Å². The normalized spacial score (nSPS) is 19.4.